The number of hydrogen-bond donors (Lipinski definition) is 0. The number of rotatable bonds is 9. The van der Waals surface area contributed by atoms with E-state index in [9.17, 15) is 9.59 Å². The first-order valence-electron chi connectivity index (χ1n) is 12.6. The van der Waals surface area contributed by atoms with Crippen molar-refractivity contribution in [2.75, 3.05) is 53.0 Å². The van der Waals surface area contributed by atoms with E-state index >= 15 is 0 Å². The number of nitrogens with zero attached hydrogens (tertiary/aromatic N) is 5. The number of aromatic nitrogens is 1. The summed E-state index contributed by atoms with van der Waals surface area (Å²) in [5.74, 6) is 0.280. The predicted molar refractivity (Wildman–Crippen MR) is 138 cm³/mol. The van der Waals surface area contributed by atoms with Crippen molar-refractivity contribution in [2.24, 2.45) is 18.1 Å². The van der Waals surface area contributed by atoms with E-state index in [1.54, 1.807) is 17.0 Å². The molecule has 0 unspecified atom stereocenters. The molecule has 9 heteroatoms. The van der Waals surface area contributed by atoms with Gasteiger partial charge >= 0.3 is 0 Å². The van der Waals surface area contributed by atoms with Gasteiger partial charge in [-0.25, -0.2) is 5.01 Å². The topological polar surface area (TPSA) is 79.6 Å². The zero-order valence-electron chi connectivity index (χ0n) is 21.7. The minimum atomic E-state index is -0.311. The van der Waals surface area contributed by atoms with Crippen LogP contribution in [0.4, 0.5) is 0 Å². The van der Waals surface area contributed by atoms with E-state index in [0.29, 0.717) is 38.5 Å². The van der Waals surface area contributed by atoms with Gasteiger partial charge in [0.15, 0.2) is 0 Å². The second kappa shape index (κ2) is 11.7. The molecule has 1 saturated heterocycles. The number of carbonyl (C=O) groups excluding carboxylic acids is 2. The van der Waals surface area contributed by atoms with Crippen LogP contribution in [-0.4, -0.2) is 89.9 Å². The van der Waals surface area contributed by atoms with Crippen LogP contribution in [0.1, 0.15) is 37.6 Å². The lowest BCUT2D eigenvalue weighted by atomic mass is 9.99. The lowest BCUT2D eigenvalue weighted by molar-refractivity contribution is -0.143. The monoisotopic (exact) mass is 495 g/mol. The van der Waals surface area contributed by atoms with Gasteiger partial charge in [-0.1, -0.05) is 32.0 Å². The Bertz CT molecular complexity index is 1090. The van der Waals surface area contributed by atoms with Crippen LogP contribution in [0.25, 0.3) is 0 Å². The Balaban J connectivity index is 1.58. The quantitative estimate of drug-likeness (QED) is 0.534. The molecule has 9 nitrogen and oxygen atoms in total. The summed E-state index contributed by atoms with van der Waals surface area (Å²) in [6.07, 6.45) is 2.53. The molecule has 0 aliphatic carbocycles. The highest BCUT2D eigenvalue weighted by Gasteiger charge is 2.36. The van der Waals surface area contributed by atoms with Gasteiger partial charge in [0.25, 0.3) is 5.91 Å². The highest BCUT2D eigenvalue weighted by atomic mass is 16.5. The number of aryl methyl sites for hydroxylation is 1. The van der Waals surface area contributed by atoms with Gasteiger partial charge < -0.3 is 18.9 Å². The van der Waals surface area contributed by atoms with Crippen LogP contribution >= 0.6 is 0 Å². The Kier molecular flexibility index (Phi) is 8.43. The molecule has 4 rings (SSSR count). The number of carbonyl (C=O) groups is 2. The molecule has 0 radical (unpaired) electrons. The lowest BCUT2D eigenvalue weighted by Crippen LogP contribution is -2.47. The maximum absolute atomic E-state index is 13.8. The number of ether oxygens (including phenoxy) is 2. The Hall–Kier alpha value is -3.17. The van der Waals surface area contributed by atoms with Crippen LogP contribution < -0.4 is 4.74 Å². The fraction of sp³-hybridized carbons (Fsp3) is 0.519. The summed E-state index contributed by atoms with van der Waals surface area (Å²) in [5.41, 5.74) is 2.70. The molecule has 0 spiro atoms. The van der Waals surface area contributed by atoms with E-state index in [1.165, 1.54) is 0 Å². The van der Waals surface area contributed by atoms with Gasteiger partial charge in [-0.2, -0.15) is 5.10 Å². The van der Waals surface area contributed by atoms with Crippen LogP contribution in [0.3, 0.4) is 0 Å². The van der Waals surface area contributed by atoms with Gasteiger partial charge in [-0.3, -0.25) is 14.5 Å². The van der Waals surface area contributed by atoms with Gasteiger partial charge in [0.1, 0.15) is 12.3 Å². The zero-order valence-corrected chi connectivity index (χ0v) is 21.7. The third kappa shape index (κ3) is 5.79. The van der Waals surface area contributed by atoms with Gasteiger partial charge in [0.2, 0.25) is 5.91 Å². The van der Waals surface area contributed by atoms with Crippen LogP contribution in [0.5, 0.6) is 5.75 Å². The largest absolute Gasteiger partial charge is 0.496 e. The summed E-state index contributed by atoms with van der Waals surface area (Å²) in [5, 5.41) is 6.34. The molecule has 1 aromatic heterocycles. The van der Waals surface area contributed by atoms with Crippen LogP contribution in [0.2, 0.25) is 0 Å². The first kappa shape index (κ1) is 25.9. The van der Waals surface area contributed by atoms with E-state index in [2.05, 4.69) is 4.90 Å². The minimum Gasteiger partial charge on any atom is -0.496 e. The zero-order chi connectivity index (χ0) is 25.7. The first-order chi connectivity index (χ1) is 17.4. The number of amides is 2. The minimum absolute atomic E-state index is 0.0169. The molecule has 1 atom stereocenters. The van der Waals surface area contributed by atoms with Gasteiger partial charge in [-0.15, -0.1) is 0 Å². The van der Waals surface area contributed by atoms with Crippen molar-refractivity contribution in [1.82, 2.24) is 19.4 Å². The molecule has 2 aliphatic heterocycles. The maximum Gasteiger partial charge on any atom is 0.262 e. The molecule has 2 aliphatic rings. The predicted octanol–water partition coefficient (Wildman–Crippen LogP) is 2.53. The number of benzene rings is 1. The van der Waals surface area contributed by atoms with Crippen molar-refractivity contribution >= 4 is 17.5 Å². The SMILES string of the molecule is COc1ccccc1[C@@H]1CC(c2cccn2C)=NN1C(=O)CN(CCN1CCOCC1)C(=O)C(C)C. The van der Waals surface area contributed by atoms with Crippen LogP contribution in [0, 0.1) is 5.92 Å². The summed E-state index contributed by atoms with van der Waals surface area (Å²) in [4.78, 5) is 30.8. The molecular formula is C27H37N5O4. The van der Waals surface area contributed by atoms with E-state index in [-0.39, 0.29) is 30.3 Å². The molecule has 0 saturated carbocycles. The first-order valence-corrected chi connectivity index (χ1v) is 12.6. The molecular weight excluding hydrogens is 458 g/mol. The molecule has 0 bridgehead atoms. The maximum atomic E-state index is 13.8. The van der Waals surface area contributed by atoms with Crippen molar-refractivity contribution in [2.45, 2.75) is 26.3 Å². The molecule has 0 N–H and O–H groups in total. The summed E-state index contributed by atoms with van der Waals surface area (Å²) >= 11 is 0. The Morgan fingerprint density at radius 1 is 1.17 bits per heavy atom. The molecule has 36 heavy (non-hydrogen) atoms. The third-order valence-corrected chi connectivity index (χ3v) is 6.82. The van der Waals surface area contributed by atoms with Gasteiger partial charge in [0.05, 0.1) is 37.8 Å². The Morgan fingerprint density at radius 3 is 2.58 bits per heavy atom. The number of methoxy groups -OCH3 is 1. The van der Waals surface area contributed by atoms with E-state index in [0.717, 1.165) is 30.1 Å². The molecule has 3 heterocycles. The number of hydrogen-bond acceptors (Lipinski definition) is 6. The lowest BCUT2D eigenvalue weighted by Gasteiger charge is -2.32. The standard InChI is InChI=1S/C27H37N5O4/c1-20(2)27(34)31(13-12-30-14-16-36-17-15-30)19-26(33)32-24(21-8-5-6-10-25(21)35-4)18-22(28-32)23-9-7-11-29(23)3/h5-11,20,24H,12-19H2,1-4H3/t24-/m0/s1. The van der Waals surface area contributed by atoms with Crippen molar-refractivity contribution in [3.63, 3.8) is 0 Å². The van der Waals surface area contributed by atoms with Crippen molar-refractivity contribution in [1.29, 1.82) is 0 Å². The van der Waals surface area contributed by atoms with E-state index in [4.69, 9.17) is 14.6 Å². The highest BCUT2D eigenvalue weighted by Crippen LogP contribution is 2.37. The average molecular weight is 496 g/mol. The number of para-hydroxylation sites is 1. The molecule has 2 aromatic rings. The van der Waals surface area contributed by atoms with Crippen molar-refractivity contribution < 1.29 is 19.1 Å². The summed E-state index contributed by atoms with van der Waals surface area (Å²) in [6.45, 7) is 7.99. The summed E-state index contributed by atoms with van der Waals surface area (Å²) in [7, 11) is 3.60. The van der Waals surface area contributed by atoms with Crippen LogP contribution in [0.15, 0.2) is 47.7 Å². The van der Waals surface area contributed by atoms with Crippen molar-refractivity contribution in [3.05, 3.63) is 53.9 Å². The van der Waals surface area contributed by atoms with Crippen molar-refractivity contribution in [3.8, 4) is 5.75 Å². The fourth-order valence-electron chi connectivity index (χ4n) is 4.79. The Morgan fingerprint density at radius 2 is 1.92 bits per heavy atom. The molecule has 1 aromatic carbocycles. The van der Waals surface area contributed by atoms with E-state index < -0.39 is 0 Å². The fourth-order valence-corrected chi connectivity index (χ4v) is 4.79. The second-order valence-electron chi connectivity index (χ2n) is 9.62. The van der Waals surface area contributed by atoms with Gasteiger partial charge in [0, 0.05) is 57.3 Å². The third-order valence-electron chi connectivity index (χ3n) is 6.82. The summed E-state index contributed by atoms with van der Waals surface area (Å²) in [6, 6.07) is 11.4. The Labute approximate surface area is 213 Å². The molecule has 194 valence electrons. The number of morpholine rings is 1. The highest BCUT2D eigenvalue weighted by molar-refractivity contribution is 6.02. The van der Waals surface area contributed by atoms with Gasteiger partial charge in [-0.05, 0) is 18.2 Å². The second-order valence-corrected chi connectivity index (χ2v) is 9.62. The molecule has 1 fully saturated rings. The smallest absolute Gasteiger partial charge is 0.262 e. The molecule has 2 amide bonds. The average Bonchev–Trinajstić information content (AvgIpc) is 3.52. The van der Waals surface area contributed by atoms with E-state index in [1.807, 2.05) is 68.1 Å². The van der Waals surface area contributed by atoms with Crippen LogP contribution in [-0.2, 0) is 21.4 Å². The number of hydrazone groups is 1. The summed E-state index contributed by atoms with van der Waals surface area (Å²) < 4.78 is 13.1. The normalized spacial score (nSPS) is 18.4.